The number of anilines is 1. The van der Waals surface area contributed by atoms with Gasteiger partial charge in [-0.1, -0.05) is 42.5 Å². The van der Waals surface area contributed by atoms with Crippen LogP contribution in [0.1, 0.15) is 17.2 Å². The average molecular weight is 488 g/mol. The molecule has 1 heterocycles. The van der Waals surface area contributed by atoms with Crippen LogP contribution in [0.4, 0.5) is 19.3 Å². The maximum atomic E-state index is 13.5. The largest absolute Gasteiger partial charge is 0.490 e. The van der Waals surface area contributed by atoms with Crippen LogP contribution in [0.15, 0.2) is 103 Å². The Hall–Kier alpha value is -4.39. The second-order valence-corrected chi connectivity index (χ2v) is 8.32. The van der Waals surface area contributed by atoms with E-state index in [-0.39, 0.29) is 12.4 Å². The number of benzene rings is 4. The first-order valence-electron chi connectivity index (χ1n) is 11.5. The summed E-state index contributed by atoms with van der Waals surface area (Å²) in [5, 5.41) is 0. The van der Waals surface area contributed by atoms with Gasteiger partial charge in [-0.25, -0.2) is 13.6 Å². The van der Waals surface area contributed by atoms with E-state index in [2.05, 4.69) is 0 Å². The van der Waals surface area contributed by atoms with Crippen molar-refractivity contribution in [1.82, 2.24) is 0 Å². The second kappa shape index (κ2) is 10.5. The molecule has 2 atom stereocenters. The highest BCUT2D eigenvalue weighted by molar-refractivity contribution is 5.91. The predicted molar refractivity (Wildman–Crippen MR) is 131 cm³/mol. The Morgan fingerprint density at radius 2 is 1.31 bits per heavy atom. The summed E-state index contributed by atoms with van der Waals surface area (Å²) in [5.41, 5.74) is 2.35. The van der Waals surface area contributed by atoms with Gasteiger partial charge in [0.05, 0.1) is 0 Å². The van der Waals surface area contributed by atoms with Crippen LogP contribution in [0.25, 0.3) is 0 Å². The highest BCUT2D eigenvalue weighted by Gasteiger charge is 2.44. The van der Waals surface area contributed by atoms with Crippen LogP contribution >= 0.6 is 0 Å². The Labute approximate surface area is 207 Å². The van der Waals surface area contributed by atoms with Crippen LogP contribution in [0.5, 0.6) is 11.5 Å². The van der Waals surface area contributed by atoms with E-state index in [1.54, 1.807) is 0 Å². The Morgan fingerprint density at radius 3 is 1.97 bits per heavy atom. The number of halogens is 2. The molecule has 5 rings (SSSR count). The van der Waals surface area contributed by atoms with Crippen molar-refractivity contribution < 1.29 is 27.8 Å². The van der Waals surface area contributed by atoms with Crippen molar-refractivity contribution in [3.63, 3.8) is 0 Å². The van der Waals surface area contributed by atoms with Gasteiger partial charge in [-0.2, -0.15) is 0 Å². The normalized spacial score (nSPS) is 17.1. The summed E-state index contributed by atoms with van der Waals surface area (Å²) in [6.07, 6.45) is -1.23. The molecule has 4 aromatic rings. The highest BCUT2D eigenvalue weighted by atomic mass is 19.1. The molecule has 1 fully saturated rings. The van der Waals surface area contributed by atoms with Gasteiger partial charge in [-0.15, -0.1) is 0 Å². The smallest absolute Gasteiger partial charge is 0.415 e. The Balaban J connectivity index is 1.38. The van der Waals surface area contributed by atoms with Crippen molar-refractivity contribution in [2.45, 2.75) is 18.8 Å². The van der Waals surface area contributed by atoms with E-state index in [1.807, 2.05) is 54.6 Å². The summed E-state index contributed by atoms with van der Waals surface area (Å²) in [4.78, 5) is 14.4. The van der Waals surface area contributed by atoms with Gasteiger partial charge in [0.15, 0.2) is 6.10 Å². The maximum absolute atomic E-state index is 13.5. The molecule has 5 nitrogen and oxygen atoms in total. The monoisotopic (exact) mass is 487 g/mol. The molecule has 0 spiro atoms. The Bertz CT molecular complexity index is 1300. The summed E-state index contributed by atoms with van der Waals surface area (Å²) < 4.78 is 44.2. The first kappa shape index (κ1) is 23.4. The number of rotatable bonds is 8. The molecular weight excluding hydrogens is 464 g/mol. The molecule has 0 aromatic heterocycles. The van der Waals surface area contributed by atoms with E-state index < -0.39 is 24.1 Å². The van der Waals surface area contributed by atoms with Crippen molar-refractivity contribution in [3.05, 3.63) is 126 Å². The fourth-order valence-electron chi connectivity index (χ4n) is 4.10. The SMILES string of the molecule is O=C1O[C@H](COc2ccc(F)cc2)[C@@H](c2ccc(OCc3ccccc3)cc2)N1c1ccc(F)cc1. The number of ether oxygens (including phenoxy) is 3. The van der Waals surface area contributed by atoms with E-state index in [9.17, 15) is 13.6 Å². The average Bonchev–Trinajstić information content (AvgIpc) is 3.24. The fourth-order valence-corrected chi connectivity index (χ4v) is 4.10. The van der Waals surface area contributed by atoms with Gasteiger partial charge in [0, 0.05) is 5.69 Å². The molecule has 1 aliphatic rings. The summed E-state index contributed by atoms with van der Waals surface area (Å²) in [5.74, 6) is 0.361. The van der Waals surface area contributed by atoms with E-state index in [4.69, 9.17) is 14.2 Å². The van der Waals surface area contributed by atoms with Crippen LogP contribution in [-0.2, 0) is 11.3 Å². The highest BCUT2D eigenvalue weighted by Crippen LogP contribution is 2.38. The van der Waals surface area contributed by atoms with Crippen LogP contribution in [-0.4, -0.2) is 18.8 Å². The summed E-state index contributed by atoms with van der Waals surface area (Å²) in [6.45, 7) is 0.479. The maximum Gasteiger partial charge on any atom is 0.415 e. The minimum atomic E-state index is -0.663. The molecule has 0 bridgehead atoms. The minimum absolute atomic E-state index is 0.0476. The number of carbonyl (C=O) groups excluding carboxylic acids is 1. The predicted octanol–water partition coefficient (Wildman–Crippen LogP) is 6.69. The lowest BCUT2D eigenvalue weighted by Crippen LogP contribution is -2.31. The first-order chi connectivity index (χ1) is 17.6. The zero-order chi connectivity index (χ0) is 24.9. The molecule has 1 amide bonds. The molecular formula is C29H23F2NO4. The van der Waals surface area contributed by atoms with Gasteiger partial charge in [0.2, 0.25) is 0 Å². The lowest BCUT2D eigenvalue weighted by molar-refractivity contribution is 0.0919. The lowest BCUT2D eigenvalue weighted by Gasteiger charge is -2.25. The van der Waals surface area contributed by atoms with Gasteiger partial charge in [-0.3, -0.25) is 4.90 Å². The molecule has 182 valence electrons. The van der Waals surface area contributed by atoms with Crippen LogP contribution < -0.4 is 14.4 Å². The fraction of sp³-hybridized carbons (Fsp3) is 0.138. The van der Waals surface area contributed by atoms with Crippen LogP contribution in [0.3, 0.4) is 0 Å². The standard InChI is InChI=1S/C29H23F2NO4/c30-22-8-12-24(13-9-22)32-28(27(36-29(32)33)19-35-26-16-10-23(31)11-17-26)21-6-14-25(15-7-21)34-18-20-4-2-1-3-5-20/h1-17,27-28H,18-19H2/t27-,28-/m1/s1. The topological polar surface area (TPSA) is 48.0 Å². The number of nitrogens with zero attached hydrogens (tertiary/aromatic N) is 1. The number of cyclic esters (lactones) is 1. The molecule has 36 heavy (non-hydrogen) atoms. The van der Waals surface area contributed by atoms with Gasteiger partial charge >= 0.3 is 6.09 Å². The second-order valence-electron chi connectivity index (χ2n) is 8.32. The van der Waals surface area contributed by atoms with Crippen molar-refractivity contribution in [2.24, 2.45) is 0 Å². The zero-order valence-corrected chi connectivity index (χ0v) is 19.2. The van der Waals surface area contributed by atoms with Crippen LogP contribution in [0.2, 0.25) is 0 Å². The quantitative estimate of drug-likeness (QED) is 0.278. The van der Waals surface area contributed by atoms with Crippen LogP contribution in [0, 0.1) is 11.6 Å². The Morgan fingerprint density at radius 1 is 0.722 bits per heavy atom. The van der Waals surface area contributed by atoms with Crippen molar-refractivity contribution in [2.75, 3.05) is 11.5 Å². The van der Waals surface area contributed by atoms with Gasteiger partial charge in [-0.05, 0) is 71.8 Å². The third kappa shape index (κ3) is 5.30. The molecule has 4 aromatic carbocycles. The van der Waals surface area contributed by atoms with Gasteiger partial charge in [0.25, 0.3) is 0 Å². The van der Waals surface area contributed by atoms with E-state index in [1.165, 1.54) is 53.4 Å². The van der Waals surface area contributed by atoms with E-state index >= 15 is 0 Å². The summed E-state index contributed by atoms with van der Waals surface area (Å²) in [7, 11) is 0. The van der Waals surface area contributed by atoms with Crippen molar-refractivity contribution >= 4 is 11.8 Å². The zero-order valence-electron chi connectivity index (χ0n) is 19.2. The summed E-state index contributed by atoms with van der Waals surface area (Å²) in [6, 6.07) is 28.0. The Kier molecular flexibility index (Phi) is 6.80. The number of amides is 1. The number of carbonyl (C=O) groups is 1. The van der Waals surface area contributed by atoms with Crippen molar-refractivity contribution in [1.29, 1.82) is 0 Å². The minimum Gasteiger partial charge on any atom is -0.490 e. The third-order valence-corrected chi connectivity index (χ3v) is 5.88. The summed E-state index contributed by atoms with van der Waals surface area (Å²) >= 11 is 0. The van der Waals surface area contributed by atoms with Gasteiger partial charge < -0.3 is 14.2 Å². The molecule has 0 radical (unpaired) electrons. The first-order valence-corrected chi connectivity index (χ1v) is 11.5. The van der Waals surface area contributed by atoms with E-state index in [0.29, 0.717) is 23.8 Å². The number of hydrogen-bond acceptors (Lipinski definition) is 4. The van der Waals surface area contributed by atoms with Crippen molar-refractivity contribution in [3.8, 4) is 11.5 Å². The molecule has 0 unspecified atom stereocenters. The van der Waals surface area contributed by atoms with E-state index in [0.717, 1.165) is 11.1 Å². The van der Waals surface area contributed by atoms with Gasteiger partial charge in [0.1, 0.15) is 42.4 Å². The molecule has 0 aliphatic carbocycles. The lowest BCUT2D eigenvalue weighted by atomic mass is 10.00. The molecule has 0 saturated carbocycles. The molecule has 7 heteroatoms. The molecule has 1 aliphatic heterocycles. The third-order valence-electron chi connectivity index (χ3n) is 5.88. The number of hydrogen-bond donors (Lipinski definition) is 0. The molecule has 0 N–H and O–H groups in total. The molecule has 1 saturated heterocycles.